The molecule has 0 saturated carbocycles. The fourth-order valence-corrected chi connectivity index (χ4v) is 3.94. The SMILES string of the molecule is O=C1CCC(CNCc2cnc3cc(-c4cccc(Br)c4Cl)ccn3c2=O)N1. The van der Waals surface area contributed by atoms with Crippen LogP contribution in [-0.2, 0) is 11.3 Å². The van der Waals surface area contributed by atoms with E-state index in [0.717, 1.165) is 22.0 Å². The predicted molar refractivity (Wildman–Crippen MR) is 112 cm³/mol. The number of benzene rings is 1. The van der Waals surface area contributed by atoms with Gasteiger partial charge in [0.1, 0.15) is 5.65 Å². The van der Waals surface area contributed by atoms with E-state index in [0.29, 0.717) is 35.7 Å². The van der Waals surface area contributed by atoms with Crippen LogP contribution in [0, 0.1) is 0 Å². The van der Waals surface area contributed by atoms with Crippen LogP contribution in [0.15, 0.2) is 52.0 Å². The average molecular weight is 462 g/mol. The Hall–Kier alpha value is -2.22. The van der Waals surface area contributed by atoms with Gasteiger partial charge >= 0.3 is 0 Å². The van der Waals surface area contributed by atoms with Crippen molar-refractivity contribution in [2.24, 2.45) is 0 Å². The number of nitrogens with zero attached hydrogens (tertiary/aromatic N) is 2. The topological polar surface area (TPSA) is 75.5 Å². The number of aromatic nitrogens is 2. The number of carbonyl (C=O) groups is 1. The maximum absolute atomic E-state index is 12.8. The number of amides is 1. The summed E-state index contributed by atoms with van der Waals surface area (Å²) in [4.78, 5) is 28.4. The van der Waals surface area contributed by atoms with E-state index in [4.69, 9.17) is 11.6 Å². The lowest BCUT2D eigenvalue weighted by Crippen LogP contribution is -2.36. The van der Waals surface area contributed by atoms with Gasteiger partial charge in [-0.3, -0.25) is 14.0 Å². The molecule has 0 aliphatic carbocycles. The summed E-state index contributed by atoms with van der Waals surface area (Å²) in [6.07, 6.45) is 4.71. The molecule has 1 aromatic carbocycles. The van der Waals surface area contributed by atoms with E-state index in [2.05, 4.69) is 31.5 Å². The van der Waals surface area contributed by atoms with E-state index in [1.54, 1.807) is 12.4 Å². The first-order chi connectivity index (χ1) is 13.5. The maximum atomic E-state index is 12.8. The number of nitrogens with one attached hydrogen (secondary N) is 2. The lowest BCUT2D eigenvalue weighted by atomic mass is 10.1. The highest BCUT2D eigenvalue weighted by Gasteiger charge is 2.20. The molecule has 2 aromatic heterocycles. The van der Waals surface area contributed by atoms with Gasteiger partial charge in [-0.15, -0.1) is 0 Å². The molecule has 2 N–H and O–H groups in total. The molecule has 8 heteroatoms. The fourth-order valence-electron chi connectivity index (χ4n) is 3.34. The molecule has 1 aliphatic heterocycles. The molecule has 1 amide bonds. The van der Waals surface area contributed by atoms with Crippen LogP contribution in [0.1, 0.15) is 18.4 Å². The molecule has 1 unspecified atom stereocenters. The Morgan fingerprint density at radius 2 is 2.18 bits per heavy atom. The van der Waals surface area contributed by atoms with Crippen LogP contribution in [0.4, 0.5) is 0 Å². The first-order valence-electron chi connectivity index (χ1n) is 8.97. The molecule has 144 valence electrons. The summed E-state index contributed by atoms with van der Waals surface area (Å²) in [6.45, 7) is 1.04. The smallest absolute Gasteiger partial charge is 0.262 e. The molecule has 6 nitrogen and oxygen atoms in total. The van der Waals surface area contributed by atoms with E-state index in [1.165, 1.54) is 4.40 Å². The molecule has 1 saturated heterocycles. The molecule has 1 atom stereocenters. The first-order valence-corrected chi connectivity index (χ1v) is 10.1. The number of pyridine rings is 1. The third-order valence-corrected chi connectivity index (χ3v) is 6.13. The lowest BCUT2D eigenvalue weighted by molar-refractivity contribution is -0.119. The standard InChI is InChI=1S/C20H18BrClN4O2/c21-16-3-1-2-15(19(16)22)12-6-7-26-17(8-12)24-10-13(20(26)28)9-23-11-14-4-5-18(27)25-14/h1-3,6-8,10,14,23H,4-5,9,11H2,(H,25,27). The Morgan fingerprint density at radius 1 is 1.32 bits per heavy atom. The van der Waals surface area contributed by atoms with Gasteiger partial charge in [0.25, 0.3) is 5.56 Å². The Morgan fingerprint density at radius 3 is 2.96 bits per heavy atom. The zero-order valence-electron chi connectivity index (χ0n) is 14.9. The Kier molecular flexibility index (Phi) is 5.48. The molecule has 0 radical (unpaired) electrons. The molecular weight excluding hydrogens is 444 g/mol. The fraction of sp³-hybridized carbons (Fsp3) is 0.250. The summed E-state index contributed by atoms with van der Waals surface area (Å²) >= 11 is 9.82. The van der Waals surface area contributed by atoms with Gasteiger partial charge in [0.2, 0.25) is 5.91 Å². The van der Waals surface area contributed by atoms with Crippen molar-refractivity contribution >= 4 is 39.1 Å². The second-order valence-electron chi connectivity index (χ2n) is 6.77. The first kappa shape index (κ1) is 19.1. The van der Waals surface area contributed by atoms with Crippen molar-refractivity contribution in [3.63, 3.8) is 0 Å². The highest BCUT2D eigenvalue weighted by molar-refractivity contribution is 9.10. The van der Waals surface area contributed by atoms with Crippen molar-refractivity contribution in [3.05, 3.63) is 68.1 Å². The van der Waals surface area contributed by atoms with Gasteiger partial charge in [-0.05, 0) is 46.1 Å². The second kappa shape index (κ2) is 8.03. The van der Waals surface area contributed by atoms with Gasteiger partial charge in [0, 0.05) is 53.5 Å². The third-order valence-electron chi connectivity index (χ3n) is 4.83. The molecule has 0 bridgehead atoms. The van der Waals surface area contributed by atoms with Gasteiger partial charge in [0.15, 0.2) is 0 Å². The molecule has 3 heterocycles. The summed E-state index contributed by atoms with van der Waals surface area (Å²) in [7, 11) is 0. The van der Waals surface area contributed by atoms with Crippen LogP contribution >= 0.6 is 27.5 Å². The molecule has 28 heavy (non-hydrogen) atoms. The second-order valence-corrected chi connectivity index (χ2v) is 8.00. The molecule has 4 rings (SSSR count). The zero-order valence-corrected chi connectivity index (χ0v) is 17.3. The van der Waals surface area contributed by atoms with Crippen LogP contribution in [-0.4, -0.2) is 27.9 Å². The summed E-state index contributed by atoms with van der Waals surface area (Å²) in [5.74, 6) is 0.0839. The predicted octanol–water partition coefficient (Wildman–Crippen LogP) is 3.15. The molecular formula is C20H18BrClN4O2. The summed E-state index contributed by atoms with van der Waals surface area (Å²) in [5, 5.41) is 6.75. The Labute approximate surface area is 175 Å². The Bertz CT molecular complexity index is 1120. The minimum absolute atomic E-state index is 0.0839. The van der Waals surface area contributed by atoms with Gasteiger partial charge < -0.3 is 10.6 Å². The van der Waals surface area contributed by atoms with Crippen molar-refractivity contribution in [1.29, 1.82) is 0 Å². The van der Waals surface area contributed by atoms with Crippen LogP contribution < -0.4 is 16.2 Å². The van der Waals surface area contributed by atoms with Crippen LogP contribution in [0.2, 0.25) is 5.02 Å². The number of hydrogen-bond acceptors (Lipinski definition) is 4. The van der Waals surface area contributed by atoms with Gasteiger partial charge in [-0.2, -0.15) is 0 Å². The molecule has 0 spiro atoms. The van der Waals surface area contributed by atoms with Gasteiger partial charge in [-0.25, -0.2) is 4.98 Å². The van der Waals surface area contributed by atoms with Crippen LogP contribution in [0.3, 0.4) is 0 Å². The van der Waals surface area contributed by atoms with Gasteiger partial charge in [0.05, 0.1) is 5.02 Å². The van der Waals surface area contributed by atoms with Crippen LogP contribution in [0.25, 0.3) is 16.8 Å². The number of rotatable bonds is 5. The third kappa shape index (κ3) is 3.83. The van der Waals surface area contributed by atoms with Gasteiger partial charge in [-0.1, -0.05) is 23.7 Å². The minimum Gasteiger partial charge on any atom is -0.352 e. The normalized spacial score (nSPS) is 16.5. The molecule has 1 fully saturated rings. The quantitative estimate of drug-likeness (QED) is 0.612. The van der Waals surface area contributed by atoms with Crippen molar-refractivity contribution in [2.75, 3.05) is 6.54 Å². The molecule has 1 aliphatic rings. The molecule has 3 aromatic rings. The van der Waals surface area contributed by atoms with E-state index in [1.807, 2.05) is 30.3 Å². The summed E-state index contributed by atoms with van der Waals surface area (Å²) in [6, 6.07) is 9.55. The van der Waals surface area contributed by atoms with Crippen molar-refractivity contribution in [3.8, 4) is 11.1 Å². The number of carbonyl (C=O) groups excluding carboxylic acids is 1. The number of hydrogen-bond donors (Lipinski definition) is 2. The summed E-state index contributed by atoms with van der Waals surface area (Å²) in [5.41, 5.74) is 2.79. The lowest BCUT2D eigenvalue weighted by Gasteiger charge is -2.12. The van der Waals surface area contributed by atoms with Crippen molar-refractivity contribution in [1.82, 2.24) is 20.0 Å². The van der Waals surface area contributed by atoms with E-state index >= 15 is 0 Å². The van der Waals surface area contributed by atoms with Crippen molar-refractivity contribution < 1.29 is 4.79 Å². The van der Waals surface area contributed by atoms with E-state index in [-0.39, 0.29) is 17.5 Å². The van der Waals surface area contributed by atoms with E-state index < -0.39 is 0 Å². The highest BCUT2D eigenvalue weighted by atomic mass is 79.9. The van der Waals surface area contributed by atoms with Crippen molar-refractivity contribution in [2.45, 2.75) is 25.4 Å². The zero-order chi connectivity index (χ0) is 19.7. The number of fused-ring (bicyclic) bond motifs is 1. The average Bonchev–Trinajstić information content (AvgIpc) is 3.11. The number of halogens is 2. The largest absolute Gasteiger partial charge is 0.352 e. The maximum Gasteiger partial charge on any atom is 0.262 e. The van der Waals surface area contributed by atoms with E-state index in [9.17, 15) is 9.59 Å². The summed E-state index contributed by atoms with van der Waals surface area (Å²) < 4.78 is 2.35. The minimum atomic E-state index is -0.111. The van der Waals surface area contributed by atoms with Crippen LogP contribution in [0.5, 0.6) is 0 Å². The monoisotopic (exact) mass is 460 g/mol. The highest BCUT2D eigenvalue weighted by Crippen LogP contribution is 2.33. The Balaban J connectivity index is 1.55.